The van der Waals surface area contributed by atoms with E-state index in [0.29, 0.717) is 12.6 Å². The SMILES string of the molecule is CC1CCCCN1c1ccc(Cl)cc1CCN. The van der Waals surface area contributed by atoms with Crippen LogP contribution in [0.25, 0.3) is 0 Å². The average Bonchev–Trinajstić information content (AvgIpc) is 2.31. The van der Waals surface area contributed by atoms with E-state index >= 15 is 0 Å². The third-order valence-electron chi connectivity index (χ3n) is 3.57. The fraction of sp³-hybridized carbons (Fsp3) is 0.571. The lowest BCUT2D eigenvalue weighted by Gasteiger charge is -2.36. The quantitative estimate of drug-likeness (QED) is 0.895. The molecule has 1 unspecified atom stereocenters. The predicted octanol–water partition coefficient (Wildman–Crippen LogP) is 3.22. The highest BCUT2D eigenvalue weighted by molar-refractivity contribution is 6.30. The topological polar surface area (TPSA) is 29.3 Å². The molecule has 1 heterocycles. The first-order valence-corrected chi connectivity index (χ1v) is 6.85. The van der Waals surface area contributed by atoms with Crippen LogP contribution >= 0.6 is 11.6 Å². The summed E-state index contributed by atoms with van der Waals surface area (Å²) in [6.45, 7) is 4.13. The molecule has 2 N–H and O–H groups in total. The van der Waals surface area contributed by atoms with E-state index in [-0.39, 0.29) is 0 Å². The van der Waals surface area contributed by atoms with Gasteiger partial charge < -0.3 is 10.6 Å². The van der Waals surface area contributed by atoms with Crippen LogP contribution in [0.5, 0.6) is 0 Å². The molecule has 1 atom stereocenters. The number of anilines is 1. The van der Waals surface area contributed by atoms with Crippen molar-refractivity contribution in [1.82, 2.24) is 0 Å². The highest BCUT2D eigenvalue weighted by Crippen LogP contribution is 2.30. The smallest absolute Gasteiger partial charge is 0.0410 e. The Morgan fingerprint density at radius 2 is 2.24 bits per heavy atom. The second-order valence-electron chi connectivity index (χ2n) is 4.85. The Bertz CT molecular complexity index is 378. The summed E-state index contributed by atoms with van der Waals surface area (Å²) < 4.78 is 0. The number of nitrogens with zero attached hydrogens (tertiary/aromatic N) is 1. The van der Waals surface area contributed by atoms with Crippen molar-refractivity contribution in [2.75, 3.05) is 18.0 Å². The molecule has 2 rings (SSSR count). The third kappa shape index (κ3) is 2.93. The Labute approximate surface area is 109 Å². The fourth-order valence-electron chi connectivity index (χ4n) is 2.65. The second-order valence-corrected chi connectivity index (χ2v) is 5.29. The van der Waals surface area contributed by atoms with E-state index in [0.717, 1.165) is 18.0 Å². The lowest BCUT2D eigenvalue weighted by molar-refractivity contribution is 0.484. The van der Waals surface area contributed by atoms with Crippen molar-refractivity contribution in [1.29, 1.82) is 0 Å². The maximum absolute atomic E-state index is 6.07. The number of hydrogen-bond donors (Lipinski definition) is 1. The van der Waals surface area contributed by atoms with E-state index in [1.807, 2.05) is 6.07 Å². The molecule has 1 aromatic carbocycles. The molecule has 17 heavy (non-hydrogen) atoms. The zero-order chi connectivity index (χ0) is 12.3. The number of hydrogen-bond acceptors (Lipinski definition) is 2. The summed E-state index contributed by atoms with van der Waals surface area (Å²) in [6.07, 6.45) is 4.82. The maximum Gasteiger partial charge on any atom is 0.0410 e. The van der Waals surface area contributed by atoms with Gasteiger partial charge in [-0.3, -0.25) is 0 Å². The molecule has 0 bridgehead atoms. The molecule has 94 valence electrons. The van der Waals surface area contributed by atoms with Gasteiger partial charge in [0.1, 0.15) is 0 Å². The van der Waals surface area contributed by atoms with Crippen molar-refractivity contribution in [2.24, 2.45) is 5.73 Å². The minimum Gasteiger partial charge on any atom is -0.369 e. The van der Waals surface area contributed by atoms with Crippen molar-refractivity contribution in [3.05, 3.63) is 28.8 Å². The van der Waals surface area contributed by atoms with Crippen LogP contribution in [-0.4, -0.2) is 19.1 Å². The fourth-order valence-corrected chi connectivity index (χ4v) is 2.84. The summed E-state index contributed by atoms with van der Waals surface area (Å²) in [5, 5.41) is 0.807. The normalized spacial score (nSPS) is 20.6. The van der Waals surface area contributed by atoms with Crippen LogP contribution in [0.15, 0.2) is 18.2 Å². The molecule has 1 fully saturated rings. The summed E-state index contributed by atoms with van der Waals surface area (Å²) in [6, 6.07) is 6.82. The first-order valence-electron chi connectivity index (χ1n) is 6.47. The van der Waals surface area contributed by atoms with Crippen molar-refractivity contribution in [3.8, 4) is 0 Å². The molecule has 0 aromatic heterocycles. The summed E-state index contributed by atoms with van der Waals surface area (Å²) >= 11 is 6.07. The minimum absolute atomic E-state index is 0.626. The average molecular weight is 253 g/mol. The van der Waals surface area contributed by atoms with Gasteiger partial charge in [0.2, 0.25) is 0 Å². The Morgan fingerprint density at radius 1 is 1.41 bits per heavy atom. The van der Waals surface area contributed by atoms with Gasteiger partial charge in [0, 0.05) is 23.3 Å². The van der Waals surface area contributed by atoms with Crippen molar-refractivity contribution in [3.63, 3.8) is 0 Å². The minimum atomic E-state index is 0.626. The number of benzene rings is 1. The molecule has 0 aliphatic carbocycles. The van der Waals surface area contributed by atoms with E-state index in [1.165, 1.54) is 30.5 Å². The monoisotopic (exact) mass is 252 g/mol. The predicted molar refractivity (Wildman–Crippen MR) is 74.9 cm³/mol. The zero-order valence-corrected chi connectivity index (χ0v) is 11.2. The Balaban J connectivity index is 2.29. The second kappa shape index (κ2) is 5.74. The van der Waals surface area contributed by atoms with Crippen molar-refractivity contribution >= 4 is 17.3 Å². The molecule has 1 aliphatic rings. The van der Waals surface area contributed by atoms with E-state index in [1.54, 1.807) is 0 Å². The van der Waals surface area contributed by atoms with Crippen molar-refractivity contribution in [2.45, 2.75) is 38.6 Å². The first-order chi connectivity index (χ1) is 8.22. The van der Waals surface area contributed by atoms with Crippen LogP contribution in [0.1, 0.15) is 31.7 Å². The number of rotatable bonds is 3. The van der Waals surface area contributed by atoms with Crippen LogP contribution in [0, 0.1) is 0 Å². The number of nitrogens with two attached hydrogens (primary N) is 1. The van der Waals surface area contributed by atoms with Gasteiger partial charge in [-0.2, -0.15) is 0 Å². The molecular weight excluding hydrogens is 232 g/mol. The Kier molecular flexibility index (Phi) is 4.30. The maximum atomic E-state index is 6.07. The molecule has 0 spiro atoms. The highest BCUT2D eigenvalue weighted by Gasteiger charge is 2.20. The molecule has 2 nitrogen and oxygen atoms in total. The van der Waals surface area contributed by atoms with Gasteiger partial charge in [-0.15, -0.1) is 0 Å². The van der Waals surface area contributed by atoms with Crippen LogP contribution < -0.4 is 10.6 Å². The van der Waals surface area contributed by atoms with Crippen molar-refractivity contribution < 1.29 is 0 Å². The largest absolute Gasteiger partial charge is 0.369 e. The lowest BCUT2D eigenvalue weighted by atomic mass is 10.00. The van der Waals surface area contributed by atoms with Crippen LogP contribution in [-0.2, 0) is 6.42 Å². The molecule has 1 aromatic rings. The summed E-state index contributed by atoms with van der Waals surface area (Å²) in [5.74, 6) is 0. The Hall–Kier alpha value is -0.730. The molecular formula is C14H21ClN2. The molecule has 3 heteroatoms. The van der Waals surface area contributed by atoms with E-state index < -0.39 is 0 Å². The first kappa shape index (κ1) is 12.7. The molecule has 0 amide bonds. The van der Waals surface area contributed by atoms with Gasteiger partial charge in [-0.25, -0.2) is 0 Å². The van der Waals surface area contributed by atoms with Gasteiger partial charge in [0.15, 0.2) is 0 Å². The standard InChI is InChI=1S/C14H21ClN2/c1-11-4-2-3-9-17(11)14-6-5-13(15)10-12(14)7-8-16/h5-6,10-11H,2-4,7-9,16H2,1H3. The van der Waals surface area contributed by atoms with Gasteiger partial charge in [-0.1, -0.05) is 11.6 Å². The summed E-state index contributed by atoms with van der Waals surface area (Å²) in [5.41, 5.74) is 8.29. The summed E-state index contributed by atoms with van der Waals surface area (Å²) in [7, 11) is 0. The van der Waals surface area contributed by atoms with Gasteiger partial charge in [0.05, 0.1) is 0 Å². The van der Waals surface area contributed by atoms with E-state index in [2.05, 4.69) is 24.0 Å². The highest BCUT2D eigenvalue weighted by atomic mass is 35.5. The van der Waals surface area contributed by atoms with E-state index in [4.69, 9.17) is 17.3 Å². The Morgan fingerprint density at radius 3 is 2.94 bits per heavy atom. The molecule has 0 saturated carbocycles. The summed E-state index contributed by atoms with van der Waals surface area (Å²) in [4.78, 5) is 2.50. The van der Waals surface area contributed by atoms with Gasteiger partial charge in [0.25, 0.3) is 0 Å². The zero-order valence-electron chi connectivity index (χ0n) is 10.5. The molecule has 1 aliphatic heterocycles. The number of piperidine rings is 1. The van der Waals surface area contributed by atoms with Gasteiger partial charge in [-0.05, 0) is 62.9 Å². The molecule has 0 radical (unpaired) electrons. The van der Waals surface area contributed by atoms with Crippen LogP contribution in [0.2, 0.25) is 5.02 Å². The lowest BCUT2D eigenvalue weighted by Crippen LogP contribution is -2.38. The van der Waals surface area contributed by atoms with Crippen LogP contribution in [0.4, 0.5) is 5.69 Å². The van der Waals surface area contributed by atoms with E-state index in [9.17, 15) is 0 Å². The molecule has 1 saturated heterocycles. The number of halogens is 1. The van der Waals surface area contributed by atoms with Crippen LogP contribution in [0.3, 0.4) is 0 Å². The third-order valence-corrected chi connectivity index (χ3v) is 3.80. The van der Waals surface area contributed by atoms with Gasteiger partial charge >= 0.3 is 0 Å².